The molecule has 0 aromatic rings. The number of nitrogens with zero attached hydrogens (tertiary/aromatic N) is 1. The van der Waals surface area contributed by atoms with E-state index >= 15 is 0 Å². The van der Waals surface area contributed by atoms with Crippen LogP contribution in [0.25, 0.3) is 0 Å². The summed E-state index contributed by atoms with van der Waals surface area (Å²) in [6.45, 7) is 5.50. The van der Waals surface area contributed by atoms with Crippen LogP contribution in [-0.4, -0.2) is 36.7 Å². The van der Waals surface area contributed by atoms with Crippen LogP contribution >= 0.6 is 11.8 Å². The highest BCUT2D eigenvalue weighted by molar-refractivity contribution is 8.13. The third kappa shape index (κ3) is 2.16. The number of hydrogen-bond donors (Lipinski definition) is 1. The molecule has 1 saturated carbocycles. The van der Waals surface area contributed by atoms with E-state index < -0.39 is 0 Å². The Bertz CT molecular complexity index is 265. The highest BCUT2D eigenvalue weighted by Gasteiger charge is 2.48. The van der Waals surface area contributed by atoms with Crippen molar-refractivity contribution in [3.05, 3.63) is 0 Å². The molecule has 0 spiro atoms. The molecule has 0 amide bonds. The second-order valence-electron chi connectivity index (χ2n) is 4.87. The van der Waals surface area contributed by atoms with Gasteiger partial charge in [-0.3, -0.25) is 4.99 Å². The Kier molecular flexibility index (Phi) is 3.26. The molecule has 0 bridgehead atoms. The lowest BCUT2D eigenvalue weighted by Crippen LogP contribution is -2.61. The summed E-state index contributed by atoms with van der Waals surface area (Å²) in [5.74, 6) is 1.20. The van der Waals surface area contributed by atoms with Gasteiger partial charge in [0.05, 0.1) is 6.10 Å². The van der Waals surface area contributed by atoms with E-state index in [1.807, 2.05) is 11.8 Å². The highest BCUT2D eigenvalue weighted by atomic mass is 32.2. The van der Waals surface area contributed by atoms with E-state index in [1.54, 1.807) is 7.11 Å². The van der Waals surface area contributed by atoms with E-state index in [9.17, 15) is 0 Å². The molecule has 2 aliphatic rings. The van der Waals surface area contributed by atoms with Crippen LogP contribution in [0.3, 0.4) is 0 Å². The Morgan fingerprint density at radius 2 is 2.33 bits per heavy atom. The fraction of sp³-hybridized carbons (Fsp3) is 0.909. The fourth-order valence-electron chi connectivity index (χ4n) is 2.23. The fourth-order valence-corrected chi connectivity index (χ4v) is 3.10. The van der Waals surface area contributed by atoms with Crippen molar-refractivity contribution in [1.82, 2.24) is 5.32 Å². The molecule has 4 heteroatoms. The van der Waals surface area contributed by atoms with Gasteiger partial charge in [0.1, 0.15) is 0 Å². The predicted molar refractivity (Wildman–Crippen MR) is 65.5 cm³/mol. The zero-order chi connectivity index (χ0) is 10.9. The first-order valence-electron chi connectivity index (χ1n) is 5.61. The molecule has 1 N–H and O–H groups in total. The largest absolute Gasteiger partial charge is 0.381 e. The van der Waals surface area contributed by atoms with Gasteiger partial charge in [-0.25, -0.2) is 0 Å². The smallest absolute Gasteiger partial charge is 0.156 e. The Hall–Kier alpha value is -0.220. The van der Waals surface area contributed by atoms with Crippen LogP contribution in [0.1, 0.15) is 26.7 Å². The average Bonchev–Trinajstić information content (AvgIpc) is 2.25. The molecule has 15 heavy (non-hydrogen) atoms. The van der Waals surface area contributed by atoms with E-state index in [2.05, 4.69) is 24.2 Å². The minimum atomic E-state index is 0.231. The number of rotatable bonds is 2. The first-order valence-corrected chi connectivity index (χ1v) is 6.59. The number of ether oxygens (including phenoxy) is 1. The van der Waals surface area contributed by atoms with Crippen LogP contribution in [0.2, 0.25) is 0 Å². The summed E-state index contributed by atoms with van der Waals surface area (Å²) in [5.41, 5.74) is 0.231. The molecule has 1 aliphatic carbocycles. The summed E-state index contributed by atoms with van der Waals surface area (Å²) in [4.78, 5) is 4.50. The van der Waals surface area contributed by atoms with Crippen molar-refractivity contribution in [2.45, 2.75) is 38.8 Å². The lowest BCUT2D eigenvalue weighted by molar-refractivity contribution is -0.0918. The molecular formula is C11H20N2OS. The summed E-state index contributed by atoms with van der Waals surface area (Å²) >= 11 is 1.85. The molecular weight excluding hydrogens is 208 g/mol. The van der Waals surface area contributed by atoms with Crippen molar-refractivity contribution in [2.24, 2.45) is 10.4 Å². The standard InChI is InChI=1S/C11H20N2OS/c1-11(2)8(7-9(11)14-3)13-10-12-5-4-6-15-10/h8-9H,4-7H2,1-3H3,(H,12,13). The van der Waals surface area contributed by atoms with Gasteiger partial charge in [0.25, 0.3) is 0 Å². The molecule has 86 valence electrons. The van der Waals surface area contributed by atoms with Crippen molar-refractivity contribution >= 4 is 16.9 Å². The molecule has 1 heterocycles. The van der Waals surface area contributed by atoms with Gasteiger partial charge in [-0.15, -0.1) is 0 Å². The summed E-state index contributed by atoms with van der Waals surface area (Å²) in [5, 5.41) is 4.68. The van der Waals surface area contributed by atoms with Gasteiger partial charge >= 0.3 is 0 Å². The zero-order valence-corrected chi connectivity index (χ0v) is 10.6. The molecule has 1 fully saturated rings. The number of thioether (sulfide) groups is 1. The van der Waals surface area contributed by atoms with Gasteiger partial charge in [-0.05, 0) is 12.8 Å². The zero-order valence-electron chi connectivity index (χ0n) is 9.75. The second-order valence-corrected chi connectivity index (χ2v) is 5.95. The van der Waals surface area contributed by atoms with Gasteiger partial charge < -0.3 is 10.1 Å². The van der Waals surface area contributed by atoms with Crippen molar-refractivity contribution in [1.29, 1.82) is 0 Å². The third-order valence-corrected chi connectivity index (χ3v) is 4.57. The van der Waals surface area contributed by atoms with Gasteiger partial charge in [0.15, 0.2) is 5.17 Å². The molecule has 2 unspecified atom stereocenters. The average molecular weight is 228 g/mol. The summed E-state index contributed by atoms with van der Waals surface area (Å²) in [6, 6.07) is 0.520. The van der Waals surface area contributed by atoms with Crippen LogP contribution in [0.4, 0.5) is 0 Å². The number of methoxy groups -OCH3 is 1. The Morgan fingerprint density at radius 3 is 2.87 bits per heavy atom. The van der Waals surface area contributed by atoms with Gasteiger partial charge in [0, 0.05) is 30.9 Å². The molecule has 0 radical (unpaired) electrons. The lowest BCUT2D eigenvalue weighted by Gasteiger charge is -2.51. The topological polar surface area (TPSA) is 33.6 Å². The Morgan fingerprint density at radius 1 is 1.53 bits per heavy atom. The van der Waals surface area contributed by atoms with Crippen molar-refractivity contribution in [3.8, 4) is 0 Å². The SMILES string of the molecule is COC1CC(NC2=NCCCS2)C1(C)C. The molecule has 2 atom stereocenters. The minimum absolute atomic E-state index is 0.231. The molecule has 1 aliphatic heterocycles. The maximum atomic E-state index is 5.43. The van der Waals surface area contributed by atoms with E-state index in [0.29, 0.717) is 12.1 Å². The van der Waals surface area contributed by atoms with Gasteiger partial charge in [-0.2, -0.15) is 0 Å². The predicted octanol–water partition coefficient (Wildman–Crippen LogP) is 1.88. The molecule has 0 aromatic carbocycles. The van der Waals surface area contributed by atoms with Gasteiger partial charge in [0.2, 0.25) is 0 Å². The minimum Gasteiger partial charge on any atom is -0.381 e. The van der Waals surface area contributed by atoms with Crippen LogP contribution in [0.15, 0.2) is 4.99 Å². The second kappa shape index (κ2) is 4.34. The lowest BCUT2D eigenvalue weighted by atomic mass is 9.64. The monoisotopic (exact) mass is 228 g/mol. The molecule has 2 rings (SSSR count). The number of aliphatic imine (C=N–C) groups is 1. The number of nitrogens with one attached hydrogen (secondary N) is 1. The van der Waals surface area contributed by atoms with Crippen LogP contribution in [-0.2, 0) is 4.74 Å². The van der Waals surface area contributed by atoms with Crippen molar-refractivity contribution in [2.75, 3.05) is 19.4 Å². The summed E-state index contributed by atoms with van der Waals surface area (Å²) in [6.07, 6.45) is 2.71. The summed E-state index contributed by atoms with van der Waals surface area (Å²) in [7, 11) is 1.80. The van der Waals surface area contributed by atoms with Gasteiger partial charge in [-0.1, -0.05) is 25.6 Å². The van der Waals surface area contributed by atoms with E-state index in [1.165, 1.54) is 12.2 Å². The molecule has 0 aromatic heterocycles. The maximum absolute atomic E-state index is 5.43. The Labute approximate surface area is 96.1 Å². The van der Waals surface area contributed by atoms with E-state index in [4.69, 9.17) is 4.74 Å². The quantitative estimate of drug-likeness (QED) is 0.783. The maximum Gasteiger partial charge on any atom is 0.156 e. The normalized spacial score (nSPS) is 34.2. The Balaban J connectivity index is 1.89. The van der Waals surface area contributed by atoms with Crippen LogP contribution < -0.4 is 5.32 Å². The highest BCUT2D eigenvalue weighted by Crippen LogP contribution is 2.42. The number of hydrogen-bond acceptors (Lipinski definition) is 4. The van der Waals surface area contributed by atoms with E-state index in [0.717, 1.165) is 18.1 Å². The van der Waals surface area contributed by atoms with E-state index in [-0.39, 0.29) is 5.41 Å². The first-order chi connectivity index (χ1) is 7.14. The van der Waals surface area contributed by atoms with Crippen molar-refractivity contribution in [3.63, 3.8) is 0 Å². The molecule has 3 nitrogen and oxygen atoms in total. The first kappa shape index (κ1) is 11.3. The summed E-state index contributed by atoms with van der Waals surface area (Å²) < 4.78 is 5.43. The van der Waals surface area contributed by atoms with Crippen molar-refractivity contribution < 1.29 is 4.74 Å². The number of amidine groups is 1. The molecule has 0 saturated heterocycles. The van der Waals surface area contributed by atoms with Crippen LogP contribution in [0, 0.1) is 5.41 Å². The van der Waals surface area contributed by atoms with Crippen LogP contribution in [0.5, 0.6) is 0 Å². The third-order valence-electron chi connectivity index (χ3n) is 3.56.